The van der Waals surface area contributed by atoms with Gasteiger partial charge in [0.1, 0.15) is 0 Å². The van der Waals surface area contributed by atoms with Crippen molar-refractivity contribution in [3.63, 3.8) is 0 Å². The molecular weight excluding hydrogens is 440 g/mol. The Bertz CT molecular complexity index is 706. The predicted octanol–water partition coefficient (Wildman–Crippen LogP) is 5.58. The van der Waals surface area contributed by atoms with Gasteiger partial charge in [-0.25, -0.2) is 0 Å². The molecule has 0 heterocycles. The number of hydrogen-bond donors (Lipinski definition) is 0. The summed E-state index contributed by atoms with van der Waals surface area (Å²) in [7, 11) is -2.48. The summed E-state index contributed by atoms with van der Waals surface area (Å²) in [6.45, 7) is 13.5. The Morgan fingerprint density at radius 1 is 0.559 bits per heavy atom. The summed E-state index contributed by atoms with van der Waals surface area (Å²) in [6, 6.07) is 21.4. The van der Waals surface area contributed by atoms with Gasteiger partial charge in [-0.3, -0.25) is 0 Å². The summed E-state index contributed by atoms with van der Waals surface area (Å²) in [5.74, 6) is 0. The van der Waals surface area contributed by atoms with E-state index in [1.807, 2.05) is 0 Å². The van der Waals surface area contributed by atoms with Crippen LogP contribution in [-0.4, -0.2) is 54.6 Å². The largest absolute Gasteiger partial charge is 0.405 e. The zero-order chi connectivity index (χ0) is 24.5. The second-order valence-electron chi connectivity index (χ2n) is 9.76. The zero-order valence-corrected chi connectivity index (χ0v) is 22.9. The lowest BCUT2D eigenvalue weighted by molar-refractivity contribution is 0.00823. The van der Waals surface area contributed by atoms with Gasteiger partial charge in [0.25, 0.3) is 8.32 Å². The first kappa shape index (κ1) is 28.7. The molecule has 5 heteroatoms. The second-order valence-corrected chi connectivity index (χ2v) is 14.1. The van der Waals surface area contributed by atoms with Crippen LogP contribution in [0.2, 0.25) is 5.04 Å². The third kappa shape index (κ3) is 9.27. The molecule has 0 amide bonds. The number of ether oxygens (including phenoxy) is 3. The van der Waals surface area contributed by atoms with Crippen molar-refractivity contribution in [1.82, 2.24) is 0 Å². The van der Waals surface area contributed by atoms with E-state index >= 15 is 0 Å². The summed E-state index contributed by atoms with van der Waals surface area (Å²) < 4.78 is 23.9. The summed E-state index contributed by atoms with van der Waals surface area (Å²) >= 11 is 0. The van der Waals surface area contributed by atoms with Crippen LogP contribution in [0.15, 0.2) is 60.7 Å². The molecular formula is C29H46O4Si. The van der Waals surface area contributed by atoms with Crippen LogP contribution >= 0.6 is 0 Å². The first-order valence-electron chi connectivity index (χ1n) is 13.0. The predicted molar refractivity (Wildman–Crippen MR) is 145 cm³/mol. The Labute approximate surface area is 209 Å². The average Bonchev–Trinajstić information content (AvgIpc) is 2.84. The first-order chi connectivity index (χ1) is 16.5. The fourth-order valence-electron chi connectivity index (χ4n) is 4.36. The van der Waals surface area contributed by atoms with Gasteiger partial charge in [0.05, 0.1) is 39.6 Å². The maximum Gasteiger partial charge on any atom is 0.261 e. The Balaban J connectivity index is 1.73. The lowest BCUT2D eigenvalue weighted by Crippen LogP contribution is -2.66. The van der Waals surface area contributed by atoms with Crippen LogP contribution in [0.5, 0.6) is 0 Å². The Morgan fingerprint density at radius 3 is 1.47 bits per heavy atom. The molecule has 2 rings (SSSR count). The van der Waals surface area contributed by atoms with Gasteiger partial charge in [-0.05, 0) is 21.8 Å². The lowest BCUT2D eigenvalue weighted by Gasteiger charge is -2.43. The quantitative estimate of drug-likeness (QED) is 0.203. The van der Waals surface area contributed by atoms with Crippen LogP contribution in [0.1, 0.15) is 59.8 Å². The maximum absolute atomic E-state index is 6.83. The molecule has 0 atom stereocenters. The molecule has 0 aliphatic rings. The molecule has 190 valence electrons. The van der Waals surface area contributed by atoms with E-state index in [4.69, 9.17) is 18.6 Å². The van der Waals surface area contributed by atoms with E-state index < -0.39 is 8.32 Å². The van der Waals surface area contributed by atoms with Gasteiger partial charge in [-0.1, -0.05) is 114 Å². The number of benzene rings is 2. The molecule has 2 aromatic rings. The first-order valence-corrected chi connectivity index (χ1v) is 14.9. The van der Waals surface area contributed by atoms with Crippen LogP contribution in [0.25, 0.3) is 0 Å². The SMILES string of the molecule is CCCCCCCOCCOCCOCCO[Si](c1ccccc1)(c1ccccc1)C(C)(C)C. The van der Waals surface area contributed by atoms with Crippen LogP contribution in [0.4, 0.5) is 0 Å². The molecule has 0 radical (unpaired) electrons. The molecule has 0 aliphatic carbocycles. The van der Waals surface area contributed by atoms with Gasteiger partial charge in [0, 0.05) is 6.61 Å². The number of rotatable bonds is 18. The molecule has 0 aromatic heterocycles. The minimum absolute atomic E-state index is 0.0190. The van der Waals surface area contributed by atoms with E-state index in [1.54, 1.807) is 0 Å². The molecule has 0 aliphatic heterocycles. The maximum atomic E-state index is 6.83. The fraction of sp³-hybridized carbons (Fsp3) is 0.586. The van der Waals surface area contributed by atoms with Crippen molar-refractivity contribution in [3.8, 4) is 0 Å². The molecule has 0 spiro atoms. The molecule has 2 aromatic carbocycles. The normalized spacial score (nSPS) is 12.2. The minimum atomic E-state index is -2.48. The van der Waals surface area contributed by atoms with E-state index in [1.165, 1.54) is 36.1 Å². The van der Waals surface area contributed by atoms with Crippen LogP contribution in [0.3, 0.4) is 0 Å². The monoisotopic (exact) mass is 486 g/mol. The topological polar surface area (TPSA) is 36.9 Å². The summed E-state index contributed by atoms with van der Waals surface area (Å²) in [5, 5.41) is 2.57. The van der Waals surface area contributed by atoms with E-state index in [-0.39, 0.29) is 5.04 Å². The molecule has 0 unspecified atom stereocenters. The van der Waals surface area contributed by atoms with Crippen molar-refractivity contribution >= 4 is 18.7 Å². The highest BCUT2D eigenvalue weighted by molar-refractivity contribution is 6.99. The summed E-state index contributed by atoms with van der Waals surface area (Å²) in [4.78, 5) is 0. The number of unbranched alkanes of at least 4 members (excludes halogenated alkanes) is 4. The average molecular weight is 487 g/mol. The molecule has 34 heavy (non-hydrogen) atoms. The highest BCUT2D eigenvalue weighted by Gasteiger charge is 2.49. The van der Waals surface area contributed by atoms with E-state index in [0.717, 1.165) is 13.0 Å². The summed E-state index contributed by atoms with van der Waals surface area (Å²) in [5.41, 5.74) is 0. The van der Waals surface area contributed by atoms with E-state index in [9.17, 15) is 0 Å². The molecule has 0 saturated carbocycles. The van der Waals surface area contributed by atoms with Gasteiger partial charge in [0.15, 0.2) is 0 Å². The minimum Gasteiger partial charge on any atom is -0.405 e. The van der Waals surface area contributed by atoms with Crippen molar-refractivity contribution in [2.45, 2.75) is 64.8 Å². The van der Waals surface area contributed by atoms with Crippen molar-refractivity contribution in [1.29, 1.82) is 0 Å². The zero-order valence-electron chi connectivity index (χ0n) is 21.9. The standard InChI is InChI=1S/C29H46O4Si/c1-5-6-7-8-15-20-30-21-22-31-23-24-32-25-26-33-34(29(2,3)4,27-16-11-9-12-17-27)28-18-13-10-14-19-28/h9-14,16-19H,5-8,15,20-26H2,1-4H3. The second kappa shape index (κ2) is 16.2. The Hall–Kier alpha value is -1.50. The van der Waals surface area contributed by atoms with Gasteiger partial charge >= 0.3 is 0 Å². The Kier molecular flexibility index (Phi) is 13.7. The third-order valence-corrected chi connectivity index (χ3v) is 11.1. The van der Waals surface area contributed by atoms with E-state index in [2.05, 4.69) is 88.4 Å². The van der Waals surface area contributed by atoms with Crippen LogP contribution < -0.4 is 10.4 Å². The van der Waals surface area contributed by atoms with Gasteiger partial charge in [-0.15, -0.1) is 0 Å². The molecule has 0 saturated heterocycles. The smallest absolute Gasteiger partial charge is 0.261 e. The van der Waals surface area contributed by atoms with Crippen molar-refractivity contribution in [2.75, 3.05) is 46.2 Å². The van der Waals surface area contributed by atoms with Crippen molar-refractivity contribution in [3.05, 3.63) is 60.7 Å². The molecule has 0 fully saturated rings. The van der Waals surface area contributed by atoms with Gasteiger partial charge in [-0.2, -0.15) is 0 Å². The van der Waals surface area contributed by atoms with Crippen LogP contribution in [-0.2, 0) is 18.6 Å². The Morgan fingerprint density at radius 2 is 1.00 bits per heavy atom. The van der Waals surface area contributed by atoms with Gasteiger partial charge < -0.3 is 18.6 Å². The summed E-state index contributed by atoms with van der Waals surface area (Å²) in [6.07, 6.45) is 6.33. The van der Waals surface area contributed by atoms with Crippen LogP contribution in [0, 0.1) is 0 Å². The molecule has 0 bridgehead atoms. The van der Waals surface area contributed by atoms with Crippen molar-refractivity contribution in [2.24, 2.45) is 0 Å². The number of hydrogen-bond acceptors (Lipinski definition) is 4. The van der Waals surface area contributed by atoms with E-state index in [0.29, 0.717) is 39.6 Å². The highest BCUT2D eigenvalue weighted by atomic mass is 28.4. The fourth-order valence-corrected chi connectivity index (χ4v) is 8.91. The molecule has 0 N–H and O–H groups in total. The highest BCUT2D eigenvalue weighted by Crippen LogP contribution is 2.36. The lowest BCUT2D eigenvalue weighted by atomic mass is 10.2. The third-order valence-electron chi connectivity index (χ3n) is 6.10. The van der Waals surface area contributed by atoms with Gasteiger partial charge in [0.2, 0.25) is 0 Å². The van der Waals surface area contributed by atoms with Crippen molar-refractivity contribution < 1.29 is 18.6 Å². The molecule has 4 nitrogen and oxygen atoms in total.